The Morgan fingerprint density at radius 1 is 0.947 bits per heavy atom. The fraction of sp³-hybridized carbons (Fsp3) is 0. The lowest BCUT2D eigenvalue weighted by Gasteiger charge is -2.00. The van der Waals surface area contributed by atoms with E-state index in [1.165, 1.54) is 0 Å². The Bertz CT molecular complexity index is 862. The molecule has 0 aliphatic carbocycles. The van der Waals surface area contributed by atoms with Crippen molar-refractivity contribution in [1.29, 1.82) is 0 Å². The second-order valence-electron chi connectivity index (χ2n) is 4.41. The van der Waals surface area contributed by atoms with Crippen molar-refractivity contribution in [2.75, 3.05) is 0 Å². The first-order valence-corrected chi connectivity index (χ1v) is 6.17. The predicted molar refractivity (Wildman–Crippen MR) is 75.8 cm³/mol. The van der Waals surface area contributed by atoms with Crippen molar-refractivity contribution in [2.45, 2.75) is 0 Å². The standard InChI is InChI=1S/C17H10NO/c1-2-10-16-12(6-1)13-7-5-8-14(17(13)19-16)15-9-3-4-11-18-15/h1-5,7-11H. The third kappa shape index (κ3) is 1.54. The molecule has 2 aromatic carbocycles. The normalized spacial score (nSPS) is 11.2. The van der Waals surface area contributed by atoms with Crippen molar-refractivity contribution in [3.8, 4) is 11.3 Å². The Hall–Kier alpha value is -2.61. The number of aromatic nitrogens is 1. The number of nitrogens with zero attached hydrogens (tertiary/aromatic N) is 1. The molecule has 0 aliphatic rings. The molecule has 89 valence electrons. The molecule has 0 N–H and O–H groups in total. The molecule has 2 heterocycles. The summed E-state index contributed by atoms with van der Waals surface area (Å²) < 4.78 is 5.97. The summed E-state index contributed by atoms with van der Waals surface area (Å²) in [5.74, 6) is 0. The van der Waals surface area contributed by atoms with Gasteiger partial charge in [-0.15, -0.1) is 0 Å². The first-order chi connectivity index (χ1) is 9.43. The van der Waals surface area contributed by atoms with Crippen LogP contribution in [0.25, 0.3) is 33.2 Å². The fourth-order valence-electron chi connectivity index (χ4n) is 2.39. The van der Waals surface area contributed by atoms with E-state index in [9.17, 15) is 0 Å². The van der Waals surface area contributed by atoms with Crippen molar-refractivity contribution in [3.63, 3.8) is 0 Å². The molecule has 0 saturated heterocycles. The minimum absolute atomic E-state index is 0.862. The molecule has 4 aromatic rings. The lowest BCUT2D eigenvalue weighted by atomic mass is 10.1. The Balaban J connectivity index is 2.13. The van der Waals surface area contributed by atoms with E-state index in [1.807, 2.05) is 48.5 Å². The van der Waals surface area contributed by atoms with E-state index in [1.54, 1.807) is 6.20 Å². The molecule has 0 saturated carbocycles. The summed E-state index contributed by atoms with van der Waals surface area (Å²) >= 11 is 0. The Morgan fingerprint density at radius 3 is 2.84 bits per heavy atom. The van der Waals surface area contributed by atoms with Crippen LogP contribution in [-0.2, 0) is 0 Å². The van der Waals surface area contributed by atoms with Gasteiger partial charge in [-0.3, -0.25) is 4.98 Å². The molecular weight excluding hydrogens is 234 g/mol. The molecule has 0 spiro atoms. The van der Waals surface area contributed by atoms with Gasteiger partial charge in [0.15, 0.2) is 0 Å². The summed E-state index contributed by atoms with van der Waals surface area (Å²) in [5, 5.41) is 2.11. The number of rotatable bonds is 1. The van der Waals surface area contributed by atoms with Crippen LogP contribution in [0.2, 0.25) is 0 Å². The van der Waals surface area contributed by atoms with Gasteiger partial charge in [0.25, 0.3) is 0 Å². The van der Waals surface area contributed by atoms with E-state index in [4.69, 9.17) is 4.42 Å². The fourth-order valence-corrected chi connectivity index (χ4v) is 2.39. The SMILES string of the molecule is [c]1cccc2oc3c(-c4ccccn4)cccc3c12. The quantitative estimate of drug-likeness (QED) is 0.494. The van der Waals surface area contributed by atoms with Crippen LogP contribution in [0.5, 0.6) is 0 Å². The molecule has 0 aliphatic heterocycles. The van der Waals surface area contributed by atoms with Crippen LogP contribution >= 0.6 is 0 Å². The summed E-state index contributed by atoms with van der Waals surface area (Å²) in [6, 6.07) is 21.1. The molecule has 2 nitrogen and oxygen atoms in total. The number of furan rings is 1. The van der Waals surface area contributed by atoms with Crippen molar-refractivity contribution >= 4 is 21.9 Å². The topological polar surface area (TPSA) is 26.0 Å². The number of benzene rings is 2. The van der Waals surface area contributed by atoms with Crippen LogP contribution in [0.1, 0.15) is 0 Å². The largest absolute Gasteiger partial charge is 0.455 e. The Labute approximate surface area is 110 Å². The molecule has 0 unspecified atom stereocenters. The summed E-state index contributed by atoms with van der Waals surface area (Å²) in [6.07, 6.45) is 1.79. The second kappa shape index (κ2) is 3.95. The zero-order valence-electron chi connectivity index (χ0n) is 10.1. The molecule has 0 amide bonds. The van der Waals surface area contributed by atoms with Crippen LogP contribution < -0.4 is 0 Å². The average Bonchev–Trinajstić information content (AvgIpc) is 2.87. The minimum Gasteiger partial charge on any atom is -0.455 e. The van der Waals surface area contributed by atoms with Gasteiger partial charge in [0.05, 0.1) is 5.69 Å². The Kier molecular flexibility index (Phi) is 2.15. The van der Waals surface area contributed by atoms with E-state index >= 15 is 0 Å². The summed E-state index contributed by atoms with van der Waals surface area (Å²) in [6.45, 7) is 0. The van der Waals surface area contributed by atoms with Gasteiger partial charge in [0.2, 0.25) is 0 Å². The highest BCUT2D eigenvalue weighted by atomic mass is 16.3. The van der Waals surface area contributed by atoms with Crippen LogP contribution in [0.3, 0.4) is 0 Å². The maximum atomic E-state index is 5.97. The molecule has 0 atom stereocenters. The number of para-hydroxylation sites is 1. The van der Waals surface area contributed by atoms with E-state index in [0.29, 0.717) is 0 Å². The lowest BCUT2D eigenvalue weighted by molar-refractivity contribution is 0.670. The smallest absolute Gasteiger partial charge is 0.144 e. The third-order valence-corrected chi connectivity index (χ3v) is 3.26. The summed E-state index contributed by atoms with van der Waals surface area (Å²) in [7, 11) is 0. The van der Waals surface area contributed by atoms with Crippen molar-refractivity contribution < 1.29 is 4.42 Å². The molecule has 1 radical (unpaired) electrons. The van der Waals surface area contributed by atoms with E-state index < -0.39 is 0 Å². The van der Waals surface area contributed by atoms with Gasteiger partial charge < -0.3 is 4.42 Å². The van der Waals surface area contributed by atoms with Crippen LogP contribution in [0.15, 0.2) is 65.2 Å². The first kappa shape index (κ1) is 10.3. The maximum absolute atomic E-state index is 5.97. The third-order valence-electron chi connectivity index (χ3n) is 3.26. The number of hydrogen-bond acceptors (Lipinski definition) is 2. The van der Waals surface area contributed by atoms with Crippen LogP contribution in [-0.4, -0.2) is 4.98 Å². The summed E-state index contributed by atoms with van der Waals surface area (Å²) in [5.41, 5.74) is 3.68. The van der Waals surface area contributed by atoms with Crippen LogP contribution in [0, 0.1) is 6.07 Å². The minimum atomic E-state index is 0.862. The van der Waals surface area contributed by atoms with Crippen molar-refractivity contribution in [3.05, 3.63) is 66.9 Å². The highest BCUT2D eigenvalue weighted by Crippen LogP contribution is 2.34. The van der Waals surface area contributed by atoms with E-state index in [2.05, 4.69) is 17.1 Å². The molecule has 2 heteroatoms. The number of fused-ring (bicyclic) bond motifs is 3. The molecule has 0 fully saturated rings. The number of hydrogen-bond donors (Lipinski definition) is 0. The molecule has 2 aromatic heterocycles. The molecule has 19 heavy (non-hydrogen) atoms. The zero-order chi connectivity index (χ0) is 12.7. The van der Waals surface area contributed by atoms with Gasteiger partial charge in [0, 0.05) is 22.5 Å². The summed E-state index contributed by atoms with van der Waals surface area (Å²) in [4.78, 5) is 4.40. The molecular formula is C17H10NO. The number of pyridine rings is 1. The van der Waals surface area contributed by atoms with Gasteiger partial charge in [-0.1, -0.05) is 30.3 Å². The van der Waals surface area contributed by atoms with Crippen molar-refractivity contribution in [2.24, 2.45) is 0 Å². The van der Waals surface area contributed by atoms with Gasteiger partial charge in [-0.25, -0.2) is 0 Å². The highest BCUT2D eigenvalue weighted by molar-refractivity contribution is 6.08. The van der Waals surface area contributed by atoms with E-state index in [0.717, 1.165) is 33.2 Å². The van der Waals surface area contributed by atoms with Crippen LogP contribution in [0.4, 0.5) is 0 Å². The second-order valence-corrected chi connectivity index (χ2v) is 4.41. The van der Waals surface area contributed by atoms with Gasteiger partial charge in [-0.05, 0) is 30.3 Å². The van der Waals surface area contributed by atoms with Gasteiger partial charge in [0.1, 0.15) is 11.2 Å². The first-order valence-electron chi connectivity index (χ1n) is 6.17. The molecule has 4 rings (SSSR count). The van der Waals surface area contributed by atoms with Crippen molar-refractivity contribution in [1.82, 2.24) is 4.98 Å². The van der Waals surface area contributed by atoms with Gasteiger partial charge >= 0.3 is 0 Å². The molecule has 0 bridgehead atoms. The lowest BCUT2D eigenvalue weighted by Crippen LogP contribution is -1.81. The average molecular weight is 244 g/mol. The Morgan fingerprint density at radius 2 is 1.95 bits per heavy atom. The maximum Gasteiger partial charge on any atom is 0.144 e. The van der Waals surface area contributed by atoms with E-state index in [-0.39, 0.29) is 0 Å². The van der Waals surface area contributed by atoms with Gasteiger partial charge in [-0.2, -0.15) is 0 Å². The monoisotopic (exact) mass is 244 g/mol. The highest BCUT2D eigenvalue weighted by Gasteiger charge is 2.11. The predicted octanol–water partition coefficient (Wildman–Crippen LogP) is 4.45. The zero-order valence-corrected chi connectivity index (χ0v) is 10.1.